The molecule has 0 rings (SSSR count). The molecule has 0 bridgehead atoms. The summed E-state index contributed by atoms with van der Waals surface area (Å²) < 4.78 is 0. The van der Waals surface area contributed by atoms with Crippen molar-refractivity contribution < 1.29 is 33.9 Å². The second kappa shape index (κ2) is 36.2. The van der Waals surface area contributed by atoms with Gasteiger partial charge in [-0.3, -0.25) is 0 Å². The molecule has 119 valence electrons. The minimum atomic E-state index is 0. The zero-order valence-electron chi connectivity index (χ0n) is 13.3. The third-order valence-corrected chi connectivity index (χ3v) is 2.29. The molecular formula is C15H36O3V. The summed E-state index contributed by atoms with van der Waals surface area (Å²) >= 11 is 0. The number of hydrogen-bond acceptors (Lipinski definition) is 3. The van der Waals surface area contributed by atoms with Gasteiger partial charge in [0.25, 0.3) is 0 Å². The van der Waals surface area contributed by atoms with Crippen LogP contribution in [0.5, 0.6) is 0 Å². The first-order chi connectivity index (χ1) is 8.74. The first-order valence-corrected chi connectivity index (χ1v) is 7.57. The van der Waals surface area contributed by atoms with E-state index in [1.807, 2.05) is 0 Å². The van der Waals surface area contributed by atoms with E-state index in [0.29, 0.717) is 19.8 Å². The summed E-state index contributed by atoms with van der Waals surface area (Å²) in [5.74, 6) is 0. The van der Waals surface area contributed by atoms with Gasteiger partial charge in [0.1, 0.15) is 0 Å². The summed E-state index contributed by atoms with van der Waals surface area (Å²) in [4.78, 5) is 0. The van der Waals surface area contributed by atoms with E-state index >= 15 is 0 Å². The van der Waals surface area contributed by atoms with Gasteiger partial charge in [-0.2, -0.15) is 0 Å². The summed E-state index contributed by atoms with van der Waals surface area (Å²) in [6.07, 6.45) is 9.98. The van der Waals surface area contributed by atoms with Gasteiger partial charge in [0.2, 0.25) is 0 Å². The number of rotatable bonds is 9. The van der Waals surface area contributed by atoms with E-state index in [-0.39, 0.29) is 18.6 Å². The maximum atomic E-state index is 8.20. The molecular weight excluding hydrogens is 279 g/mol. The Bertz CT molecular complexity index is 72.4. The van der Waals surface area contributed by atoms with Crippen LogP contribution in [0.25, 0.3) is 0 Å². The van der Waals surface area contributed by atoms with E-state index in [0.717, 1.165) is 38.5 Å². The summed E-state index contributed by atoms with van der Waals surface area (Å²) in [5, 5.41) is 24.6. The SMILES string of the molecule is CCCCCO.CCCCCO.CCCCCO.[V]. The van der Waals surface area contributed by atoms with Crippen molar-refractivity contribution >= 4 is 0 Å². The maximum Gasteiger partial charge on any atom is 0.0431 e. The van der Waals surface area contributed by atoms with Crippen molar-refractivity contribution in [2.45, 2.75) is 78.6 Å². The van der Waals surface area contributed by atoms with Gasteiger partial charge < -0.3 is 15.3 Å². The second-order valence-corrected chi connectivity index (χ2v) is 4.29. The fourth-order valence-corrected chi connectivity index (χ4v) is 1.09. The predicted octanol–water partition coefficient (Wildman–Crippen LogP) is 3.50. The molecule has 3 N–H and O–H groups in total. The second-order valence-electron chi connectivity index (χ2n) is 4.29. The van der Waals surface area contributed by atoms with Crippen molar-refractivity contribution in [2.24, 2.45) is 0 Å². The minimum absolute atomic E-state index is 0. The van der Waals surface area contributed by atoms with Gasteiger partial charge in [0.15, 0.2) is 0 Å². The van der Waals surface area contributed by atoms with Crippen LogP contribution < -0.4 is 0 Å². The van der Waals surface area contributed by atoms with Gasteiger partial charge >= 0.3 is 0 Å². The zero-order chi connectivity index (χ0) is 14.5. The van der Waals surface area contributed by atoms with Crippen molar-refractivity contribution in [3.8, 4) is 0 Å². The number of aliphatic hydroxyl groups excluding tert-OH is 3. The van der Waals surface area contributed by atoms with Crippen molar-refractivity contribution in [1.29, 1.82) is 0 Å². The number of unbranched alkanes of at least 4 members (excludes halogenated alkanes) is 6. The fraction of sp³-hybridized carbons (Fsp3) is 1.00. The normalized spacial score (nSPS) is 8.53. The van der Waals surface area contributed by atoms with Crippen LogP contribution in [0.3, 0.4) is 0 Å². The van der Waals surface area contributed by atoms with Crippen LogP contribution in [0, 0.1) is 0 Å². The van der Waals surface area contributed by atoms with E-state index in [2.05, 4.69) is 20.8 Å². The predicted molar refractivity (Wildman–Crippen MR) is 79.8 cm³/mol. The van der Waals surface area contributed by atoms with Crippen LogP contribution >= 0.6 is 0 Å². The minimum Gasteiger partial charge on any atom is -0.396 e. The fourth-order valence-electron chi connectivity index (χ4n) is 1.09. The average molecular weight is 315 g/mol. The van der Waals surface area contributed by atoms with Crippen molar-refractivity contribution in [3.63, 3.8) is 0 Å². The molecule has 0 aromatic rings. The molecule has 0 aliphatic carbocycles. The van der Waals surface area contributed by atoms with Crippen molar-refractivity contribution in [3.05, 3.63) is 0 Å². The molecule has 3 nitrogen and oxygen atoms in total. The molecule has 0 atom stereocenters. The first-order valence-electron chi connectivity index (χ1n) is 7.57. The van der Waals surface area contributed by atoms with E-state index in [9.17, 15) is 0 Å². The molecule has 19 heavy (non-hydrogen) atoms. The van der Waals surface area contributed by atoms with E-state index in [1.54, 1.807) is 0 Å². The number of aliphatic hydroxyl groups is 3. The molecule has 0 spiro atoms. The largest absolute Gasteiger partial charge is 0.396 e. The first kappa shape index (κ1) is 27.7. The molecule has 0 aromatic heterocycles. The Hall–Kier alpha value is 0.464. The molecule has 0 unspecified atom stereocenters. The molecule has 0 aliphatic heterocycles. The standard InChI is InChI=1S/3C5H12O.V/c3*1-2-3-4-5-6;/h3*6H,2-5H2,1H3;. The number of hydrogen-bond donors (Lipinski definition) is 3. The van der Waals surface area contributed by atoms with Crippen LogP contribution in [0.2, 0.25) is 0 Å². The Kier molecular flexibility index (Phi) is 52.9. The maximum absolute atomic E-state index is 8.20. The quantitative estimate of drug-likeness (QED) is 0.571. The molecule has 0 fully saturated rings. The molecule has 0 amide bonds. The molecule has 0 aliphatic rings. The average Bonchev–Trinajstić information content (AvgIpc) is 2.42. The van der Waals surface area contributed by atoms with E-state index < -0.39 is 0 Å². The monoisotopic (exact) mass is 315 g/mol. The smallest absolute Gasteiger partial charge is 0.0431 e. The summed E-state index contributed by atoms with van der Waals surface area (Å²) in [5.41, 5.74) is 0. The molecule has 0 saturated heterocycles. The Balaban J connectivity index is -0.0000000865. The Labute approximate surface area is 132 Å². The zero-order valence-corrected chi connectivity index (χ0v) is 14.7. The molecule has 0 heterocycles. The topological polar surface area (TPSA) is 60.7 Å². The molecule has 1 radical (unpaired) electrons. The van der Waals surface area contributed by atoms with Crippen LogP contribution in [-0.4, -0.2) is 35.1 Å². The third-order valence-electron chi connectivity index (χ3n) is 2.29. The van der Waals surface area contributed by atoms with Crippen molar-refractivity contribution in [1.82, 2.24) is 0 Å². The van der Waals surface area contributed by atoms with Gasteiger partial charge in [0.05, 0.1) is 0 Å². The third kappa shape index (κ3) is 55.9. The Morgan fingerprint density at radius 2 is 0.684 bits per heavy atom. The Morgan fingerprint density at radius 1 is 0.474 bits per heavy atom. The van der Waals surface area contributed by atoms with Gasteiger partial charge in [-0.15, -0.1) is 0 Å². The molecule has 4 heteroatoms. The van der Waals surface area contributed by atoms with Crippen molar-refractivity contribution in [2.75, 3.05) is 19.8 Å². The summed E-state index contributed by atoms with van der Waals surface area (Å²) in [6, 6.07) is 0. The van der Waals surface area contributed by atoms with Gasteiger partial charge in [-0.05, 0) is 19.3 Å². The van der Waals surface area contributed by atoms with E-state index in [1.165, 1.54) is 19.3 Å². The van der Waals surface area contributed by atoms with Gasteiger partial charge in [0, 0.05) is 38.4 Å². The van der Waals surface area contributed by atoms with Crippen LogP contribution in [-0.2, 0) is 18.6 Å². The van der Waals surface area contributed by atoms with E-state index in [4.69, 9.17) is 15.3 Å². The summed E-state index contributed by atoms with van der Waals surface area (Å²) in [6.45, 7) is 7.43. The summed E-state index contributed by atoms with van der Waals surface area (Å²) in [7, 11) is 0. The molecule has 0 saturated carbocycles. The van der Waals surface area contributed by atoms with Crippen LogP contribution in [0.4, 0.5) is 0 Å². The van der Waals surface area contributed by atoms with Gasteiger partial charge in [-0.25, -0.2) is 0 Å². The molecule has 0 aromatic carbocycles. The van der Waals surface area contributed by atoms with Gasteiger partial charge in [-0.1, -0.05) is 59.3 Å². The Morgan fingerprint density at radius 3 is 0.737 bits per heavy atom. The van der Waals surface area contributed by atoms with Crippen LogP contribution in [0.15, 0.2) is 0 Å². The van der Waals surface area contributed by atoms with Crippen LogP contribution in [0.1, 0.15) is 78.6 Å².